The molecule has 3 atom stereocenters. The van der Waals surface area contributed by atoms with Gasteiger partial charge in [-0.25, -0.2) is 4.68 Å². The van der Waals surface area contributed by atoms with Crippen LogP contribution in [0.15, 0.2) is 42.7 Å². The van der Waals surface area contributed by atoms with Crippen molar-refractivity contribution in [1.29, 1.82) is 0 Å². The number of para-hydroxylation sites is 1. The van der Waals surface area contributed by atoms with Gasteiger partial charge in [0, 0.05) is 18.9 Å². The Morgan fingerprint density at radius 1 is 1.35 bits per heavy atom. The van der Waals surface area contributed by atoms with Gasteiger partial charge in [0.15, 0.2) is 0 Å². The molecule has 5 nitrogen and oxygen atoms in total. The smallest absolute Gasteiger partial charge is 0.228 e. The number of hydrogen-bond acceptors (Lipinski definition) is 3. The number of nitrogens with one attached hydrogen (secondary N) is 2. The summed E-state index contributed by atoms with van der Waals surface area (Å²) in [5.74, 6) is 0.694. The Morgan fingerprint density at radius 2 is 2.19 bits per heavy atom. The summed E-state index contributed by atoms with van der Waals surface area (Å²) >= 11 is 0. The van der Waals surface area contributed by atoms with Gasteiger partial charge in [0.05, 0.1) is 17.1 Å². The van der Waals surface area contributed by atoms with Crippen LogP contribution in [-0.2, 0) is 4.79 Å². The third-order valence-corrected chi connectivity index (χ3v) is 5.99. The van der Waals surface area contributed by atoms with Crippen molar-refractivity contribution in [3.63, 3.8) is 0 Å². The molecule has 1 unspecified atom stereocenters. The minimum absolute atomic E-state index is 0. The summed E-state index contributed by atoms with van der Waals surface area (Å²) in [4.78, 5) is 13.2. The lowest BCUT2D eigenvalue weighted by Gasteiger charge is -2.38. The first-order valence-corrected chi connectivity index (χ1v) is 9.31. The molecule has 26 heavy (non-hydrogen) atoms. The van der Waals surface area contributed by atoms with Crippen molar-refractivity contribution in [1.82, 2.24) is 20.4 Å². The number of nitrogens with zero attached hydrogens (tertiary/aromatic N) is 2. The van der Waals surface area contributed by atoms with E-state index in [-0.39, 0.29) is 29.8 Å². The van der Waals surface area contributed by atoms with Crippen molar-refractivity contribution in [2.75, 3.05) is 13.1 Å². The topological polar surface area (TPSA) is 59.0 Å². The Balaban J connectivity index is 0.00000196. The average Bonchev–Trinajstić information content (AvgIpc) is 3.31. The van der Waals surface area contributed by atoms with Crippen LogP contribution in [0.3, 0.4) is 0 Å². The van der Waals surface area contributed by atoms with Gasteiger partial charge in [-0.3, -0.25) is 4.79 Å². The van der Waals surface area contributed by atoms with E-state index in [0.29, 0.717) is 5.92 Å². The van der Waals surface area contributed by atoms with Crippen LogP contribution in [0.5, 0.6) is 0 Å². The SMILES string of the molecule is CC(NC(=O)[C@@]12CCCC[C@H]1CNC2)c1ccccc1-n1cccn1.Cl. The largest absolute Gasteiger partial charge is 0.349 e. The Kier molecular flexibility index (Phi) is 5.68. The lowest BCUT2D eigenvalue weighted by molar-refractivity contribution is -0.134. The van der Waals surface area contributed by atoms with E-state index in [1.54, 1.807) is 6.20 Å². The Bertz CT molecular complexity index is 748. The Hall–Kier alpha value is -1.85. The molecule has 2 aromatic rings. The second-order valence-electron chi connectivity index (χ2n) is 7.43. The summed E-state index contributed by atoms with van der Waals surface area (Å²) in [7, 11) is 0. The van der Waals surface area contributed by atoms with Crippen molar-refractivity contribution in [3.8, 4) is 5.69 Å². The maximum absolute atomic E-state index is 13.2. The molecule has 1 saturated carbocycles. The van der Waals surface area contributed by atoms with Gasteiger partial charge in [0.2, 0.25) is 5.91 Å². The van der Waals surface area contributed by atoms with Crippen molar-refractivity contribution in [2.24, 2.45) is 11.3 Å². The summed E-state index contributed by atoms with van der Waals surface area (Å²) in [5.41, 5.74) is 1.89. The lowest BCUT2D eigenvalue weighted by Crippen LogP contribution is -2.48. The normalized spacial score (nSPS) is 25.8. The molecule has 1 saturated heterocycles. The minimum atomic E-state index is -0.215. The maximum atomic E-state index is 13.2. The molecule has 1 amide bonds. The standard InChI is InChI=1S/C20H26N4O.ClH/c1-15(17-8-2-3-9-18(17)24-12-6-11-22-24)23-19(25)20-10-5-4-7-16(20)13-21-14-20;/h2-3,6,8-9,11-12,15-16,21H,4-5,7,10,13-14H2,1H3,(H,23,25);1H/t15?,16-,20+;/m0./s1. The number of amides is 1. The molecule has 6 heteroatoms. The molecule has 0 spiro atoms. The molecule has 2 aliphatic rings. The monoisotopic (exact) mass is 374 g/mol. The number of fused-ring (bicyclic) bond motifs is 1. The molecule has 0 radical (unpaired) electrons. The average molecular weight is 375 g/mol. The molecule has 140 valence electrons. The van der Waals surface area contributed by atoms with E-state index in [1.165, 1.54) is 12.8 Å². The molecule has 1 aliphatic carbocycles. The predicted molar refractivity (Wildman–Crippen MR) is 105 cm³/mol. The molecule has 4 rings (SSSR count). The van der Waals surface area contributed by atoms with Crippen LogP contribution in [0.4, 0.5) is 0 Å². The third kappa shape index (κ3) is 3.26. The van der Waals surface area contributed by atoms with E-state index in [4.69, 9.17) is 0 Å². The van der Waals surface area contributed by atoms with Crippen molar-refractivity contribution in [3.05, 3.63) is 48.3 Å². The number of benzene rings is 1. The highest BCUT2D eigenvalue weighted by molar-refractivity contribution is 5.85. The number of aromatic nitrogens is 2. The molecule has 2 heterocycles. The molecule has 2 fully saturated rings. The summed E-state index contributed by atoms with van der Waals surface area (Å²) in [6.45, 7) is 3.86. The van der Waals surface area contributed by atoms with Gasteiger partial charge in [-0.05, 0) is 49.9 Å². The third-order valence-electron chi connectivity index (χ3n) is 5.99. The predicted octanol–water partition coefficient (Wildman–Crippen LogP) is 3.25. The minimum Gasteiger partial charge on any atom is -0.349 e. The highest BCUT2D eigenvalue weighted by Crippen LogP contribution is 2.44. The van der Waals surface area contributed by atoms with E-state index in [0.717, 1.165) is 37.2 Å². The summed E-state index contributed by atoms with van der Waals surface area (Å²) < 4.78 is 1.86. The van der Waals surface area contributed by atoms with E-state index in [1.807, 2.05) is 35.1 Å². The van der Waals surface area contributed by atoms with E-state index in [9.17, 15) is 4.79 Å². The molecule has 2 N–H and O–H groups in total. The molecule has 1 aromatic heterocycles. The number of halogens is 1. The quantitative estimate of drug-likeness (QED) is 0.863. The first-order chi connectivity index (χ1) is 12.2. The Labute approximate surface area is 161 Å². The Morgan fingerprint density at radius 3 is 3.00 bits per heavy atom. The van der Waals surface area contributed by atoms with Gasteiger partial charge in [-0.1, -0.05) is 31.0 Å². The van der Waals surface area contributed by atoms with Crippen LogP contribution in [0.1, 0.15) is 44.2 Å². The van der Waals surface area contributed by atoms with Crippen molar-refractivity contribution >= 4 is 18.3 Å². The van der Waals surface area contributed by atoms with Crippen LogP contribution in [0, 0.1) is 11.3 Å². The number of carbonyl (C=O) groups excluding carboxylic acids is 1. The maximum Gasteiger partial charge on any atom is 0.228 e. The number of carbonyl (C=O) groups is 1. The second-order valence-corrected chi connectivity index (χ2v) is 7.43. The van der Waals surface area contributed by atoms with Crippen LogP contribution in [0.25, 0.3) is 5.69 Å². The molecule has 1 aliphatic heterocycles. The van der Waals surface area contributed by atoms with Crippen LogP contribution >= 0.6 is 12.4 Å². The van der Waals surface area contributed by atoms with E-state index >= 15 is 0 Å². The van der Waals surface area contributed by atoms with Gasteiger partial charge in [-0.15, -0.1) is 12.4 Å². The molecule has 1 aromatic carbocycles. The fourth-order valence-corrected chi connectivity index (χ4v) is 4.58. The van der Waals surface area contributed by atoms with Gasteiger partial charge in [-0.2, -0.15) is 5.10 Å². The van der Waals surface area contributed by atoms with Gasteiger partial charge >= 0.3 is 0 Å². The van der Waals surface area contributed by atoms with Crippen LogP contribution in [-0.4, -0.2) is 28.8 Å². The zero-order valence-electron chi connectivity index (χ0n) is 15.1. The van der Waals surface area contributed by atoms with Gasteiger partial charge in [0.25, 0.3) is 0 Å². The fraction of sp³-hybridized carbons (Fsp3) is 0.500. The highest BCUT2D eigenvalue weighted by Gasteiger charge is 2.50. The summed E-state index contributed by atoms with van der Waals surface area (Å²) in [6.07, 6.45) is 8.28. The number of hydrogen-bond donors (Lipinski definition) is 2. The molecular weight excluding hydrogens is 348 g/mol. The van der Waals surface area contributed by atoms with Crippen molar-refractivity contribution < 1.29 is 4.79 Å². The van der Waals surface area contributed by atoms with E-state index in [2.05, 4.69) is 28.7 Å². The van der Waals surface area contributed by atoms with Crippen LogP contribution < -0.4 is 10.6 Å². The fourth-order valence-electron chi connectivity index (χ4n) is 4.58. The number of rotatable bonds is 4. The summed E-state index contributed by atoms with van der Waals surface area (Å²) in [5, 5.41) is 11.1. The molecule has 0 bridgehead atoms. The van der Waals surface area contributed by atoms with Gasteiger partial charge < -0.3 is 10.6 Å². The first-order valence-electron chi connectivity index (χ1n) is 9.31. The highest BCUT2D eigenvalue weighted by atomic mass is 35.5. The van der Waals surface area contributed by atoms with Crippen LogP contribution in [0.2, 0.25) is 0 Å². The van der Waals surface area contributed by atoms with E-state index < -0.39 is 0 Å². The summed E-state index contributed by atoms with van der Waals surface area (Å²) in [6, 6.07) is 10.0. The zero-order chi connectivity index (χ0) is 17.3. The first kappa shape index (κ1) is 18.9. The zero-order valence-corrected chi connectivity index (χ0v) is 16.0. The van der Waals surface area contributed by atoms with Crippen molar-refractivity contribution in [2.45, 2.75) is 38.6 Å². The molecular formula is C20H27ClN4O. The van der Waals surface area contributed by atoms with Gasteiger partial charge in [0.1, 0.15) is 0 Å². The second kappa shape index (κ2) is 7.80. The lowest BCUT2D eigenvalue weighted by atomic mass is 9.67.